The molecule has 8 heteroatoms. The third-order valence-corrected chi connectivity index (χ3v) is 5.72. The van der Waals surface area contributed by atoms with E-state index < -0.39 is 0 Å². The van der Waals surface area contributed by atoms with Gasteiger partial charge in [0.2, 0.25) is 11.9 Å². The molecule has 2 aliphatic rings. The first-order valence-electron chi connectivity index (χ1n) is 8.36. The maximum atomic E-state index is 12.8. The van der Waals surface area contributed by atoms with Crippen molar-refractivity contribution in [1.82, 2.24) is 14.9 Å². The van der Waals surface area contributed by atoms with E-state index in [1.807, 2.05) is 6.92 Å². The molecule has 130 valence electrons. The number of anilines is 2. The van der Waals surface area contributed by atoms with Crippen molar-refractivity contribution in [2.75, 3.05) is 30.3 Å². The molecule has 0 atom stereocenters. The summed E-state index contributed by atoms with van der Waals surface area (Å²) in [6, 6.07) is 3.80. The number of aromatic nitrogens is 2. The fraction of sp³-hybridized carbons (Fsp3) is 0.412. The first-order chi connectivity index (χ1) is 12.1. The molecule has 1 saturated carbocycles. The van der Waals surface area contributed by atoms with Crippen LogP contribution in [0.3, 0.4) is 0 Å². The zero-order chi connectivity index (χ0) is 17.4. The lowest BCUT2D eigenvalue weighted by molar-refractivity contribution is -0.117. The zero-order valence-electron chi connectivity index (χ0n) is 13.9. The highest BCUT2D eigenvalue weighted by molar-refractivity contribution is 7.18. The molecule has 2 N–H and O–H groups in total. The SMILES string of the molecule is CCNc1cc2c(s1)C(=O)N(CC(=O)Nc1ncccn1)CC21CC1. The summed E-state index contributed by atoms with van der Waals surface area (Å²) >= 11 is 1.49. The van der Waals surface area contributed by atoms with Crippen LogP contribution in [0.1, 0.15) is 35.0 Å². The highest BCUT2D eigenvalue weighted by atomic mass is 32.1. The number of fused-ring (bicyclic) bond motifs is 2. The molecule has 25 heavy (non-hydrogen) atoms. The summed E-state index contributed by atoms with van der Waals surface area (Å²) in [4.78, 5) is 35.5. The van der Waals surface area contributed by atoms with Gasteiger partial charge < -0.3 is 10.2 Å². The lowest BCUT2D eigenvalue weighted by Crippen LogP contribution is -2.46. The van der Waals surface area contributed by atoms with Crippen LogP contribution in [0.25, 0.3) is 0 Å². The van der Waals surface area contributed by atoms with E-state index >= 15 is 0 Å². The molecule has 0 bridgehead atoms. The van der Waals surface area contributed by atoms with Gasteiger partial charge in [-0.3, -0.25) is 14.9 Å². The van der Waals surface area contributed by atoms with Crippen LogP contribution >= 0.6 is 11.3 Å². The number of nitrogens with one attached hydrogen (secondary N) is 2. The Morgan fingerprint density at radius 2 is 2.12 bits per heavy atom. The smallest absolute Gasteiger partial charge is 0.264 e. The molecule has 2 aromatic heterocycles. The summed E-state index contributed by atoms with van der Waals surface area (Å²) in [6.45, 7) is 3.48. The Kier molecular flexibility index (Phi) is 3.91. The van der Waals surface area contributed by atoms with Crippen LogP contribution in [0.2, 0.25) is 0 Å². The van der Waals surface area contributed by atoms with E-state index in [0.29, 0.717) is 6.54 Å². The van der Waals surface area contributed by atoms with Crippen LogP contribution in [0, 0.1) is 0 Å². The van der Waals surface area contributed by atoms with Crippen molar-refractivity contribution >= 4 is 34.1 Å². The van der Waals surface area contributed by atoms with Gasteiger partial charge in [0.25, 0.3) is 5.91 Å². The monoisotopic (exact) mass is 357 g/mol. The molecular formula is C17H19N5O2S. The van der Waals surface area contributed by atoms with Gasteiger partial charge in [-0.2, -0.15) is 0 Å². The lowest BCUT2D eigenvalue weighted by atomic mass is 9.91. The maximum absolute atomic E-state index is 12.8. The Labute approximate surface area is 149 Å². The van der Waals surface area contributed by atoms with Gasteiger partial charge in [0.1, 0.15) is 6.54 Å². The molecule has 2 aromatic rings. The van der Waals surface area contributed by atoms with Crippen molar-refractivity contribution in [1.29, 1.82) is 0 Å². The Hall–Kier alpha value is -2.48. The van der Waals surface area contributed by atoms with Gasteiger partial charge in [0.05, 0.1) is 9.88 Å². The van der Waals surface area contributed by atoms with Gasteiger partial charge in [-0.05, 0) is 37.5 Å². The minimum absolute atomic E-state index is 0.0206. The molecule has 1 spiro atoms. The number of nitrogens with zero attached hydrogens (tertiary/aromatic N) is 3. The van der Waals surface area contributed by atoms with E-state index in [2.05, 4.69) is 26.7 Å². The summed E-state index contributed by atoms with van der Waals surface area (Å²) in [6.07, 6.45) is 5.26. The molecule has 2 amide bonds. The van der Waals surface area contributed by atoms with Crippen LogP contribution in [0.4, 0.5) is 10.9 Å². The van der Waals surface area contributed by atoms with Gasteiger partial charge in [-0.25, -0.2) is 9.97 Å². The normalized spacial score (nSPS) is 17.3. The molecule has 1 aliphatic carbocycles. The first kappa shape index (κ1) is 16.0. The fourth-order valence-corrected chi connectivity index (χ4v) is 4.49. The number of rotatable bonds is 5. The molecule has 7 nitrogen and oxygen atoms in total. The van der Waals surface area contributed by atoms with E-state index in [9.17, 15) is 9.59 Å². The van der Waals surface area contributed by atoms with Crippen molar-refractivity contribution in [3.63, 3.8) is 0 Å². The maximum Gasteiger partial charge on any atom is 0.264 e. The van der Waals surface area contributed by atoms with Crippen molar-refractivity contribution < 1.29 is 9.59 Å². The molecule has 0 unspecified atom stereocenters. The summed E-state index contributed by atoms with van der Waals surface area (Å²) in [5.74, 6) is -0.0857. The van der Waals surface area contributed by atoms with Crippen molar-refractivity contribution in [3.05, 3.63) is 35.0 Å². The second-order valence-corrected chi connectivity index (χ2v) is 7.50. The van der Waals surface area contributed by atoms with E-state index in [1.54, 1.807) is 23.4 Å². The number of hydrogen-bond acceptors (Lipinski definition) is 6. The van der Waals surface area contributed by atoms with Crippen molar-refractivity contribution in [3.8, 4) is 0 Å². The highest BCUT2D eigenvalue weighted by Gasteiger charge is 2.52. The molecule has 3 heterocycles. The lowest BCUT2D eigenvalue weighted by Gasteiger charge is -2.32. The van der Waals surface area contributed by atoms with Crippen LogP contribution in [0.15, 0.2) is 24.5 Å². The topological polar surface area (TPSA) is 87.2 Å². The fourth-order valence-electron chi connectivity index (χ4n) is 3.28. The van der Waals surface area contributed by atoms with Crippen LogP contribution in [-0.2, 0) is 10.2 Å². The Morgan fingerprint density at radius 3 is 2.80 bits per heavy atom. The third-order valence-electron chi connectivity index (χ3n) is 4.63. The number of amides is 2. The molecular weight excluding hydrogens is 338 g/mol. The van der Waals surface area contributed by atoms with Gasteiger partial charge in [-0.1, -0.05) is 0 Å². The van der Waals surface area contributed by atoms with E-state index in [-0.39, 0.29) is 29.7 Å². The van der Waals surface area contributed by atoms with Crippen LogP contribution in [0.5, 0.6) is 0 Å². The molecule has 0 radical (unpaired) electrons. The summed E-state index contributed by atoms with van der Waals surface area (Å²) in [7, 11) is 0. The van der Waals surface area contributed by atoms with Crippen LogP contribution in [-0.4, -0.2) is 46.3 Å². The second kappa shape index (κ2) is 6.11. The first-order valence-corrected chi connectivity index (χ1v) is 9.17. The molecule has 1 aliphatic heterocycles. The average molecular weight is 357 g/mol. The average Bonchev–Trinajstić information content (AvgIpc) is 3.23. The number of carbonyl (C=O) groups excluding carboxylic acids is 2. The van der Waals surface area contributed by atoms with Gasteiger partial charge in [0.15, 0.2) is 0 Å². The third kappa shape index (κ3) is 2.97. The largest absolute Gasteiger partial charge is 0.377 e. The molecule has 4 rings (SSSR count). The van der Waals surface area contributed by atoms with Crippen molar-refractivity contribution in [2.24, 2.45) is 0 Å². The molecule has 1 fully saturated rings. The zero-order valence-corrected chi connectivity index (χ0v) is 14.7. The van der Waals surface area contributed by atoms with E-state index in [0.717, 1.165) is 34.8 Å². The predicted octanol–water partition coefficient (Wildman–Crippen LogP) is 2.10. The van der Waals surface area contributed by atoms with E-state index in [4.69, 9.17) is 0 Å². The highest BCUT2D eigenvalue weighted by Crippen LogP contribution is 2.54. The van der Waals surface area contributed by atoms with E-state index in [1.165, 1.54) is 11.3 Å². The number of carbonyl (C=O) groups is 2. The standard InChI is InChI=1S/C17H19N5O2S/c1-2-18-13-8-11-14(25-13)15(24)22(10-17(11)4-5-17)9-12(23)21-16-19-6-3-7-20-16/h3,6-8,18H,2,4-5,9-10H2,1H3,(H,19,20,21,23). The van der Waals surface area contributed by atoms with Gasteiger partial charge in [-0.15, -0.1) is 11.3 Å². The minimum atomic E-state index is -0.276. The molecule has 0 saturated heterocycles. The Morgan fingerprint density at radius 1 is 1.36 bits per heavy atom. The summed E-state index contributed by atoms with van der Waals surface area (Å²) in [5.41, 5.74) is 1.19. The Balaban J connectivity index is 1.51. The Bertz CT molecular complexity index is 816. The minimum Gasteiger partial charge on any atom is -0.377 e. The van der Waals surface area contributed by atoms with Crippen LogP contribution < -0.4 is 10.6 Å². The van der Waals surface area contributed by atoms with Gasteiger partial charge >= 0.3 is 0 Å². The number of hydrogen-bond donors (Lipinski definition) is 2. The number of thiophene rings is 1. The summed E-state index contributed by atoms with van der Waals surface area (Å²) < 4.78 is 0. The molecule has 0 aromatic carbocycles. The van der Waals surface area contributed by atoms with Crippen molar-refractivity contribution in [2.45, 2.75) is 25.2 Å². The second-order valence-electron chi connectivity index (χ2n) is 6.45. The predicted molar refractivity (Wildman–Crippen MR) is 96.0 cm³/mol. The quantitative estimate of drug-likeness (QED) is 0.856. The van der Waals surface area contributed by atoms with Gasteiger partial charge in [0, 0.05) is 30.9 Å². The summed E-state index contributed by atoms with van der Waals surface area (Å²) in [5, 5.41) is 6.96.